The van der Waals surface area contributed by atoms with E-state index in [1.54, 1.807) is 0 Å². The van der Waals surface area contributed by atoms with E-state index >= 15 is 0 Å². The molecule has 0 bridgehead atoms. The van der Waals surface area contributed by atoms with Crippen molar-refractivity contribution < 1.29 is 26.7 Å². The zero-order valence-corrected chi connectivity index (χ0v) is 6.25. The van der Waals surface area contributed by atoms with E-state index in [1.807, 2.05) is 0 Å². The fourth-order valence-corrected chi connectivity index (χ4v) is 0.720. The number of ether oxygens (including phenoxy) is 1. The summed E-state index contributed by atoms with van der Waals surface area (Å²) >= 11 is 0. The fourth-order valence-electron chi connectivity index (χ4n) is 0.720. The van der Waals surface area contributed by atoms with Crippen LogP contribution in [0.5, 0.6) is 5.75 Å². The number of hydrogen-bond acceptors (Lipinski definition) is 2. The van der Waals surface area contributed by atoms with Gasteiger partial charge in [0.2, 0.25) is 34.8 Å². The molecule has 0 unspecified atom stereocenters. The monoisotopic (exact) mass is 209 g/mol. The summed E-state index contributed by atoms with van der Waals surface area (Å²) in [5.74, 6) is -12.6. The van der Waals surface area contributed by atoms with Gasteiger partial charge in [-0.1, -0.05) is 0 Å². The Morgan fingerprint density at radius 2 is 1.14 bits per heavy atom. The number of halogens is 5. The van der Waals surface area contributed by atoms with Crippen LogP contribution < -0.4 is 4.74 Å². The van der Waals surface area contributed by atoms with E-state index in [2.05, 4.69) is 4.74 Å². The van der Waals surface area contributed by atoms with E-state index in [0.717, 1.165) is 6.26 Å². The summed E-state index contributed by atoms with van der Waals surface area (Å²) in [7, 11) is 0. The number of nitrogens with zero attached hydrogens (tertiary/aromatic N) is 1. The molecule has 1 rings (SSSR count). The van der Waals surface area contributed by atoms with E-state index in [0.29, 0.717) is 0 Å². The van der Waals surface area contributed by atoms with Gasteiger partial charge in [0.15, 0.2) is 0 Å². The first-order valence-corrected chi connectivity index (χ1v) is 3.08. The lowest BCUT2D eigenvalue weighted by Crippen LogP contribution is -2.03. The molecule has 0 saturated heterocycles. The third-order valence-electron chi connectivity index (χ3n) is 1.32. The first kappa shape index (κ1) is 10.2. The Bertz CT molecular complexity index is 396. The van der Waals surface area contributed by atoms with Crippen molar-refractivity contribution in [1.29, 1.82) is 5.26 Å². The van der Waals surface area contributed by atoms with Gasteiger partial charge in [-0.15, -0.1) is 5.26 Å². The van der Waals surface area contributed by atoms with E-state index < -0.39 is 34.8 Å². The molecule has 0 aliphatic heterocycles. The van der Waals surface area contributed by atoms with Crippen molar-refractivity contribution in [1.82, 2.24) is 0 Å². The molecule has 7 heteroatoms. The Morgan fingerprint density at radius 3 is 1.50 bits per heavy atom. The van der Waals surface area contributed by atoms with Crippen LogP contribution in [0.15, 0.2) is 0 Å². The molecule has 0 saturated carbocycles. The van der Waals surface area contributed by atoms with Crippen LogP contribution in [0.25, 0.3) is 0 Å². The van der Waals surface area contributed by atoms with Gasteiger partial charge in [-0.25, -0.2) is 13.2 Å². The maximum absolute atomic E-state index is 12.6. The molecule has 0 aliphatic carbocycles. The van der Waals surface area contributed by atoms with Crippen molar-refractivity contribution in [2.75, 3.05) is 0 Å². The normalized spacial score (nSPS) is 9.71. The minimum absolute atomic E-state index is 0.804. The smallest absolute Gasteiger partial charge is 0.292 e. The first-order valence-electron chi connectivity index (χ1n) is 3.08. The summed E-state index contributed by atoms with van der Waals surface area (Å²) in [4.78, 5) is 0. The van der Waals surface area contributed by atoms with Crippen LogP contribution in [-0.4, -0.2) is 0 Å². The van der Waals surface area contributed by atoms with Crippen molar-refractivity contribution >= 4 is 0 Å². The molecule has 0 fully saturated rings. The van der Waals surface area contributed by atoms with E-state index in [4.69, 9.17) is 5.26 Å². The molecule has 1 aromatic rings. The van der Waals surface area contributed by atoms with Gasteiger partial charge in [-0.2, -0.15) is 8.78 Å². The highest BCUT2D eigenvalue weighted by Crippen LogP contribution is 2.28. The number of benzene rings is 1. The quantitative estimate of drug-likeness (QED) is 0.307. The molecule has 74 valence electrons. The topological polar surface area (TPSA) is 33.0 Å². The highest BCUT2D eigenvalue weighted by molar-refractivity contribution is 5.30. The van der Waals surface area contributed by atoms with Crippen molar-refractivity contribution in [3.8, 4) is 12.0 Å². The van der Waals surface area contributed by atoms with Crippen molar-refractivity contribution in [3.05, 3.63) is 29.1 Å². The predicted molar refractivity (Wildman–Crippen MR) is 32.5 cm³/mol. The second-order valence-electron chi connectivity index (χ2n) is 2.09. The van der Waals surface area contributed by atoms with Gasteiger partial charge in [0.25, 0.3) is 6.26 Å². The van der Waals surface area contributed by atoms with Gasteiger partial charge in [0.1, 0.15) is 0 Å². The molecule has 0 amide bonds. The Morgan fingerprint density at radius 1 is 0.786 bits per heavy atom. The molecule has 14 heavy (non-hydrogen) atoms. The van der Waals surface area contributed by atoms with Crippen LogP contribution in [0.3, 0.4) is 0 Å². The van der Waals surface area contributed by atoms with Gasteiger partial charge in [-0.3, -0.25) is 0 Å². The van der Waals surface area contributed by atoms with Gasteiger partial charge < -0.3 is 4.74 Å². The molecule has 0 spiro atoms. The zero-order valence-electron chi connectivity index (χ0n) is 6.25. The van der Waals surface area contributed by atoms with Crippen molar-refractivity contribution in [2.24, 2.45) is 0 Å². The van der Waals surface area contributed by atoms with E-state index in [-0.39, 0.29) is 0 Å². The Hall–Kier alpha value is -1.84. The van der Waals surface area contributed by atoms with Gasteiger partial charge in [-0.05, 0) is 0 Å². The molecule has 0 atom stereocenters. The number of rotatable bonds is 1. The van der Waals surface area contributed by atoms with Crippen molar-refractivity contribution in [3.63, 3.8) is 0 Å². The van der Waals surface area contributed by atoms with Crippen LogP contribution in [0.4, 0.5) is 22.0 Å². The third-order valence-corrected chi connectivity index (χ3v) is 1.32. The molecular formula is C7F5NO. The lowest BCUT2D eigenvalue weighted by atomic mass is 10.3. The Balaban J connectivity index is 3.53. The fraction of sp³-hybridized carbons (Fsp3) is 0. The molecule has 0 aliphatic rings. The summed E-state index contributed by atoms with van der Waals surface area (Å²) in [5, 5.41) is 7.88. The van der Waals surface area contributed by atoms with Crippen molar-refractivity contribution in [2.45, 2.75) is 0 Å². The van der Waals surface area contributed by atoms with Crippen LogP contribution in [0, 0.1) is 40.6 Å². The van der Waals surface area contributed by atoms with E-state index in [9.17, 15) is 22.0 Å². The summed E-state index contributed by atoms with van der Waals surface area (Å²) in [6.07, 6.45) is 0.804. The number of hydrogen-bond donors (Lipinski definition) is 0. The lowest BCUT2D eigenvalue weighted by Gasteiger charge is -2.03. The maximum Gasteiger partial charge on any atom is 0.292 e. The minimum Gasteiger partial charge on any atom is -0.381 e. The van der Waals surface area contributed by atoms with Crippen LogP contribution in [-0.2, 0) is 0 Å². The average Bonchev–Trinajstić information content (AvgIpc) is 2.19. The van der Waals surface area contributed by atoms with Crippen LogP contribution >= 0.6 is 0 Å². The zero-order chi connectivity index (χ0) is 10.9. The van der Waals surface area contributed by atoms with Gasteiger partial charge in [0.05, 0.1) is 0 Å². The minimum atomic E-state index is -2.30. The third kappa shape index (κ3) is 1.35. The molecule has 0 aromatic heterocycles. The first-order chi connectivity index (χ1) is 6.50. The molecule has 0 N–H and O–H groups in total. The summed E-state index contributed by atoms with van der Waals surface area (Å²) in [6, 6.07) is 0. The second-order valence-corrected chi connectivity index (χ2v) is 2.09. The standard InChI is InChI=1S/C7F5NO/c8-2-3(9)5(11)7(14-1-13)6(12)4(2)10. The van der Waals surface area contributed by atoms with Gasteiger partial charge in [0, 0.05) is 0 Å². The lowest BCUT2D eigenvalue weighted by molar-refractivity contribution is 0.337. The molecule has 0 radical (unpaired) electrons. The predicted octanol–water partition coefficient (Wildman–Crippen LogP) is 2.24. The Labute approximate surface area is 74.1 Å². The summed E-state index contributed by atoms with van der Waals surface area (Å²) in [5.41, 5.74) is 0. The molecule has 2 nitrogen and oxygen atoms in total. The molecular weight excluding hydrogens is 209 g/mol. The Kier molecular flexibility index (Phi) is 2.56. The largest absolute Gasteiger partial charge is 0.381 e. The summed E-state index contributed by atoms with van der Waals surface area (Å²) < 4.78 is 65.9. The molecule has 0 heterocycles. The summed E-state index contributed by atoms with van der Waals surface area (Å²) in [6.45, 7) is 0. The highest BCUT2D eigenvalue weighted by Gasteiger charge is 2.27. The maximum atomic E-state index is 12.6. The van der Waals surface area contributed by atoms with Gasteiger partial charge >= 0.3 is 0 Å². The molecule has 1 aromatic carbocycles. The highest BCUT2D eigenvalue weighted by atomic mass is 19.2. The average molecular weight is 209 g/mol. The van der Waals surface area contributed by atoms with E-state index in [1.165, 1.54) is 0 Å². The van der Waals surface area contributed by atoms with Crippen LogP contribution in [0.1, 0.15) is 0 Å². The number of nitriles is 1. The SMILES string of the molecule is N#COc1c(F)c(F)c(F)c(F)c1F. The van der Waals surface area contributed by atoms with Crippen LogP contribution in [0.2, 0.25) is 0 Å². The second kappa shape index (κ2) is 3.49.